The molecule has 0 N–H and O–H groups in total. The molecule has 0 aromatic rings. The third kappa shape index (κ3) is 3.40. The number of epoxide rings is 1. The molecular weight excluding hydrogens is 370 g/mol. The van der Waals surface area contributed by atoms with Gasteiger partial charge < -0.3 is 19.1 Å². The highest BCUT2D eigenvalue weighted by molar-refractivity contribution is 5.76. The lowest BCUT2D eigenvalue weighted by Crippen LogP contribution is -2.51. The number of rotatable bonds is 4. The molecule has 2 saturated carbocycles. The molecule has 0 aromatic heterocycles. The third-order valence-corrected chi connectivity index (χ3v) is 8.66. The van der Waals surface area contributed by atoms with E-state index >= 15 is 0 Å². The number of esters is 2. The van der Waals surface area contributed by atoms with Crippen LogP contribution in [0.1, 0.15) is 58.8 Å². The van der Waals surface area contributed by atoms with Gasteiger partial charge in [0.2, 0.25) is 0 Å². The summed E-state index contributed by atoms with van der Waals surface area (Å²) in [5.41, 5.74) is 0.333. The lowest BCUT2D eigenvalue weighted by atomic mass is 9.53. The van der Waals surface area contributed by atoms with Crippen LogP contribution in [0.4, 0.5) is 0 Å². The molecule has 2 aliphatic carbocycles. The number of piperidine rings is 1. The van der Waals surface area contributed by atoms with Crippen molar-refractivity contribution in [2.45, 2.75) is 70.5 Å². The molecule has 3 aliphatic heterocycles. The van der Waals surface area contributed by atoms with E-state index in [0.717, 1.165) is 38.8 Å². The van der Waals surface area contributed by atoms with Gasteiger partial charge in [-0.3, -0.25) is 9.59 Å². The molecule has 162 valence electrons. The number of carbonyl (C=O) groups excluding carboxylic acids is 2. The Kier molecular flexibility index (Phi) is 4.93. The van der Waals surface area contributed by atoms with Crippen LogP contribution in [0.5, 0.6) is 0 Å². The zero-order chi connectivity index (χ0) is 20.2. The van der Waals surface area contributed by atoms with E-state index in [1.165, 1.54) is 19.3 Å². The van der Waals surface area contributed by atoms with Crippen LogP contribution in [-0.4, -0.2) is 61.4 Å². The van der Waals surface area contributed by atoms with Gasteiger partial charge in [-0.1, -0.05) is 6.92 Å². The van der Waals surface area contributed by atoms with Crippen molar-refractivity contribution in [1.82, 2.24) is 4.90 Å². The maximum Gasteiger partial charge on any atom is 0.310 e. The first-order valence-corrected chi connectivity index (χ1v) is 11.7. The second kappa shape index (κ2) is 7.23. The Morgan fingerprint density at radius 3 is 2.90 bits per heavy atom. The molecule has 0 radical (unpaired) electrons. The minimum Gasteiger partial charge on any atom is -0.466 e. The summed E-state index contributed by atoms with van der Waals surface area (Å²) >= 11 is 0. The van der Waals surface area contributed by atoms with Crippen LogP contribution in [0.2, 0.25) is 0 Å². The van der Waals surface area contributed by atoms with Crippen molar-refractivity contribution in [3.63, 3.8) is 0 Å². The minimum absolute atomic E-state index is 0.0220. The van der Waals surface area contributed by atoms with E-state index in [1.54, 1.807) is 0 Å². The van der Waals surface area contributed by atoms with Gasteiger partial charge in [0.05, 0.1) is 30.7 Å². The Balaban J connectivity index is 1.28. The summed E-state index contributed by atoms with van der Waals surface area (Å²) in [4.78, 5) is 27.3. The monoisotopic (exact) mass is 405 g/mol. The van der Waals surface area contributed by atoms with E-state index in [-0.39, 0.29) is 40.9 Å². The highest BCUT2D eigenvalue weighted by Gasteiger charge is 2.65. The van der Waals surface area contributed by atoms with Gasteiger partial charge >= 0.3 is 11.9 Å². The summed E-state index contributed by atoms with van der Waals surface area (Å²) in [6.07, 6.45) is 7.60. The van der Waals surface area contributed by atoms with E-state index in [2.05, 4.69) is 11.8 Å². The second-order valence-electron chi connectivity index (χ2n) is 10.4. The third-order valence-electron chi connectivity index (χ3n) is 8.66. The highest BCUT2D eigenvalue weighted by atomic mass is 16.6. The van der Waals surface area contributed by atoms with E-state index < -0.39 is 0 Å². The van der Waals surface area contributed by atoms with Crippen molar-refractivity contribution >= 4 is 11.9 Å². The fourth-order valence-corrected chi connectivity index (χ4v) is 7.12. The predicted octanol–water partition coefficient (Wildman–Crippen LogP) is 2.79. The summed E-state index contributed by atoms with van der Waals surface area (Å²) < 4.78 is 17.2. The number of likely N-dealkylation sites (tertiary alicyclic amines) is 1. The lowest BCUT2D eigenvalue weighted by molar-refractivity contribution is -0.150. The molecule has 3 heterocycles. The maximum atomic E-state index is 12.8. The van der Waals surface area contributed by atoms with Gasteiger partial charge in [0, 0.05) is 19.0 Å². The number of carbonyl (C=O) groups is 2. The van der Waals surface area contributed by atoms with Gasteiger partial charge in [-0.15, -0.1) is 0 Å². The molecular formula is C23H35NO5. The van der Waals surface area contributed by atoms with E-state index in [9.17, 15) is 9.59 Å². The molecule has 4 unspecified atom stereocenters. The van der Waals surface area contributed by atoms with Crippen LogP contribution >= 0.6 is 0 Å². The Labute approximate surface area is 173 Å². The second-order valence-corrected chi connectivity index (χ2v) is 10.4. The van der Waals surface area contributed by atoms with Crippen LogP contribution in [0.15, 0.2) is 0 Å². The van der Waals surface area contributed by atoms with Crippen molar-refractivity contribution < 1.29 is 23.8 Å². The summed E-state index contributed by atoms with van der Waals surface area (Å²) in [6, 6.07) is 0. The number of hydrogen-bond donors (Lipinski definition) is 0. The first-order chi connectivity index (χ1) is 13.9. The Hall–Kier alpha value is -1.14. The Morgan fingerprint density at radius 2 is 2.14 bits per heavy atom. The molecule has 6 heteroatoms. The van der Waals surface area contributed by atoms with Crippen LogP contribution in [0, 0.1) is 29.1 Å². The average Bonchev–Trinajstić information content (AvgIpc) is 3.40. The van der Waals surface area contributed by atoms with Gasteiger partial charge in [-0.2, -0.15) is 0 Å². The number of nitrogens with zero attached hydrogens (tertiary/aromatic N) is 1. The van der Waals surface area contributed by atoms with Gasteiger partial charge in [-0.05, 0) is 69.7 Å². The zero-order valence-electron chi connectivity index (χ0n) is 17.9. The largest absolute Gasteiger partial charge is 0.466 e. The standard InChI is InChI=1S/C23H35NO5/c1-3-27-20(25)15-6-4-9-24(12-15)13-17-16-10-19-22(2,11-18(16)29-21(17)26)7-5-8-23(19)14-28-23/h15-19H,3-14H2,1-2H3/t15?,16-,17?,18-,19?,22-,23?/m1/s1. The molecule has 29 heavy (non-hydrogen) atoms. The van der Waals surface area contributed by atoms with Gasteiger partial charge in [0.25, 0.3) is 0 Å². The maximum absolute atomic E-state index is 12.8. The molecule has 5 aliphatic rings. The van der Waals surface area contributed by atoms with E-state index in [4.69, 9.17) is 14.2 Å². The molecule has 3 saturated heterocycles. The Bertz CT molecular complexity index is 676. The van der Waals surface area contributed by atoms with Crippen molar-refractivity contribution in [3.05, 3.63) is 0 Å². The summed E-state index contributed by atoms with van der Waals surface area (Å²) in [5, 5.41) is 0. The first kappa shape index (κ1) is 19.8. The molecule has 7 atom stereocenters. The summed E-state index contributed by atoms with van der Waals surface area (Å²) in [5.74, 6) is 0.605. The Morgan fingerprint density at radius 1 is 1.31 bits per heavy atom. The molecule has 5 rings (SSSR count). The number of ether oxygens (including phenoxy) is 3. The molecule has 5 fully saturated rings. The molecule has 6 nitrogen and oxygen atoms in total. The zero-order valence-corrected chi connectivity index (χ0v) is 17.9. The van der Waals surface area contributed by atoms with Gasteiger partial charge in [-0.25, -0.2) is 0 Å². The van der Waals surface area contributed by atoms with Gasteiger partial charge in [0.1, 0.15) is 6.10 Å². The fraction of sp³-hybridized carbons (Fsp3) is 0.913. The fourth-order valence-electron chi connectivity index (χ4n) is 7.12. The average molecular weight is 406 g/mol. The number of fused-ring (bicyclic) bond motifs is 3. The van der Waals surface area contributed by atoms with Crippen molar-refractivity contribution in [2.75, 3.05) is 32.8 Å². The quantitative estimate of drug-likeness (QED) is 0.529. The van der Waals surface area contributed by atoms with Crippen LogP contribution in [-0.2, 0) is 23.8 Å². The molecule has 0 amide bonds. The predicted molar refractivity (Wildman–Crippen MR) is 106 cm³/mol. The smallest absolute Gasteiger partial charge is 0.310 e. The van der Waals surface area contributed by atoms with Crippen molar-refractivity contribution in [3.8, 4) is 0 Å². The highest BCUT2D eigenvalue weighted by Crippen LogP contribution is 2.62. The topological polar surface area (TPSA) is 68.4 Å². The molecule has 0 aromatic carbocycles. The van der Waals surface area contributed by atoms with E-state index in [0.29, 0.717) is 31.5 Å². The van der Waals surface area contributed by atoms with Crippen molar-refractivity contribution in [2.24, 2.45) is 29.1 Å². The lowest BCUT2D eigenvalue weighted by Gasteiger charge is -2.51. The minimum atomic E-state index is -0.0902. The summed E-state index contributed by atoms with van der Waals surface area (Å²) in [7, 11) is 0. The van der Waals surface area contributed by atoms with Gasteiger partial charge in [0.15, 0.2) is 0 Å². The normalized spacial score (nSPS) is 46.7. The molecule has 1 spiro atoms. The van der Waals surface area contributed by atoms with Crippen LogP contribution in [0.3, 0.4) is 0 Å². The van der Waals surface area contributed by atoms with Crippen molar-refractivity contribution in [1.29, 1.82) is 0 Å². The summed E-state index contributed by atoms with van der Waals surface area (Å²) in [6.45, 7) is 7.94. The molecule has 0 bridgehead atoms. The van der Waals surface area contributed by atoms with E-state index in [1.807, 2.05) is 6.92 Å². The van der Waals surface area contributed by atoms with Crippen LogP contribution < -0.4 is 0 Å². The number of hydrogen-bond acceptors (Lipinski definition) is 6. The SMILES string of the molecule is CCOC(=O)C1CCCN(CC2C(=O)O[C@@H]3C[C@@]4(C)CCCC5(CO5)C4C[C@H]23)C1. The first-order valence-electron chi connectivity index (χ1n) is 11.7. The van der Waals surface area contributed by atoms with Crippen LogP contribution in [0.25, 0.3) is 0 Å².